The quantitative estimate of drug-likeness (QED) is 0.291. The van der Waals surface area contributed by atoms with Crippen molar-refractivity contribution < 1.29 is 14.3 Å². The Kier molecular flexibility index (Phi) is 9.17. The maximum atomic E-state index is 12.3. The van der Waals surface area contributed by atoms with Gasteiger partial charge in [0, 0.05) is 5.69 Å². The van der Waals surface area contributed by atoms with Crippen molar-refractivity contribution in [1.82, 2.24) is 0 Å². The van der Waals surface area contributed by atoms with Gasteiger partial charge in [0.15, 0.2) is 6.61 Å². The Morgan fingerprint density at radius 3 is 2.44 bits per heavy atom. The predicted molar refractivity (Wildman–Crippen MR) is 134 cm³/mol. The average Bonchev–Trinajstić information content (AvgIpc) is 2.82. The maximum absolute atomic E-state index is 12.3. The third-order valence-electron chi connectivity index (χ3n) is 5.36. The van der Waals surface area contributed by atoms with Crippen LogP contribution in [0.15, 0.2) is 77.3 Å². The van der Waals surface area contributed by atoms with Gasteiger partial charge in [-0.2, -0.15) is 0 Å². The van der Waals surface area contributed by atoms with E-state index in [-0.39, 0.29) is 12.5 Å². The minimum atomic E-state index is -0.209. The van der Waals surface area contributed by atoms with Crippen molar-refractivity contribution in [3.05, 3.63) is 88.4 Å². The summed E-state index contributed by atoms with van der Waals surface area (Å²) in [6.45, 7) is 4.95. The van der Waals surface area contributed by atoms with E-state index in [1.54, 1.807) is 0 Å². The van der Waals surface area contributed by atoms with Gasteiger partial charge in [0.1, 0.15) is 11.5 Å². The van der Waals surface area contributed by atoms with Crippen LogP contribution < -0.4 is 14.8 Å². The third kappa shape index (κ3) is 7.41. The summed E-state index contributed by atoms with van der Waals surface area (Å²) in [5.41, 5.74) is 3.27. The van der Waals surface area contributed by atoms with Crippen LogP contribution in [0.25, 0.3) is 0 Å². The number of amides is 1. The Bertz CT molecular complexity index is 990. The number of hydrogen-bond acceptors (Lipinski definition) is 3. The lowest BCUT2D eigenvalue weighted by molar-refractivity contribution is -0.118. The van der Waals surface area contributed by atoms with Crippen molar-refractivity contribution in [3.63, 3.8) is 0 Å². The monoisotopic (exact) mass is 495 g/mol. The number of halogens is 1. The summed E-state index contributed by atoms with van der Waals surface area (Å²) in [5.74, 6) is 1.72. The largest absolute Gasteiger partial charge is 0.494 e. The van der Waals surface area contributed by atoms with E-state index in [0.717, 1.165) is 29.5 Å². The van der Waals surface area contributed by atoms with Gasteiger partial charge in [-0.3, -0.25) is 4.79 Å². The first-order valence-corrected chi connectivity index (χ1v) is 11.8. The van der Waals surface area contributed by atoms with Crippen LogP contribution in [0.1, 0.15) is 43.7 Å². The standard InChI is InChI=1S/C27H30BrNO3/c1-3-20(2)22-11-16-26(25(28)18-22)32-19-27(30)29-23-12-14-24(15-13-23)31-17-7-10-21-8-5-4-6-9-21/h4-6,8-9,11-16,18,20H,3,7,10,17,19H2,1-2H3,(H,29,30). The molecule has 0 saturated carbocycles. The highest BCUT2D eigenvalue weighted by molar-refractivity contribution is 9.10. The molecule has 0 heterocycles. The summed E-state index contributed by atoms with van der Waals surface area (Å²) >= 11 is 3.54. The molecular formula is C27H30BrNO3. The fourth-order valence-corrected chi connectivity index (χ4v) is 3.77. The molecule has 0 fully saturated rings. The van der Waals surface area contributed by atoms with E-state index in [1.165, 1.54) is 11.1 Å². The average molecular weight is 496 g/mol. The second-order valence-electron chi connectivity index (χ2n) is 7.80. The van der Waals surface area contributed by atoms with Gasteiger partial charge in [-0.05, 0) is 88.6 Å². The fraction of sp³-hybridized carbons (Fsp3) is 0.296. The number of carbonyl (C=O) groups excluding carboxylic acids is 1. The molecule has 1 amide bonds. The molecule has 5 heteroatoms. The van der Waals surface area contributed by atoms with Gasteiger partial charge in [-0.15, -0.1) is 0 Å². The molecule has 0 aliphatic heterocycles. The number of anilines is 1. The number of benzene rings is 3. The number of ether oxygens (including phenoxy) is 2. The highest BCUT2D eigenvalue weighted by atomic mass is 79.9. The molecule has 4 nitrogen and oxygen atoms in total. The molecule has 0 radical (unpaired) electrons. The van der Waals surface area contributed by atoms with Crippen LogP contribution in [0, 0.1) is 0 Å². The van der Waals surface area contributed by atoms with Gasteiger partial charge < -0.3 is 14.8 Å². The predicted octanol–water partition coefficient (Wildman–Crippen LogP) is 6.99. The van der Waals surface area contributed by atoms with E-state index < -0.39 is 0 Å². The first-order chi connectivity index (χ1) is 15.5. The van der Waals surface area contributed by atoms with Crippen LogP contribution in [-0.4, -0.2) is 19.1 Å². The first-order valence-electron chi connectivity index (χ1n) is 11.0. The molecule has 3 rings (SSSR count). The molecule has 0 saturated heterocycles. The molecule has 1 N–H and O–H groups in total. The SMILES string of the molecule is CCC(C)c1ccc(OCC(=O)Nc2ccc(OCCCc3ccccc3)cc2)c(Br)c1. The van der Waals surface area contributed by atoms with Crippen LogP contribution in [0.5, 0.6) is 11.5 Å². The molecule has 168 valence electrons. The fourth-order valence-electron chi connectivity index (χ4n) is 3.26. The van der Waals surface area contributed by atoms with Gasteiger partial charge in [0.25, 0.3) is 5.91 Å². The van der Waals surface area contributed by atoms with Crippen molar-refractivity contribution in [3.8, 4) is 11.5 Å². The van der Waals surface area contributed by atoms with Gasteiger partial charge in [-0.25, -0.2) is 0 Å². The van der Waals surface area contributed by atoms with E-state index in [4.69, 9.17) is 9.47 Å². The molecule has 3 aromatic carbocycles. The molecule has 0 aliphatic carbocycles. The van der Waals surface area contributed by atoms with Crippen molar-refractivity contribution in [1.29, 1.82) is 0 Å². The molecule has 1 unspecified atom stereocenters. The summed E-state index contributed by atoms with van der Waals surface area (Å²) < 4.78 is 12.3. The topological polar surface area (TPSA) is 47.6 Å². The Morgan fingerprint density at radius 1 is 1.00 bits per heavy atom. The molecular weight excluding hydrogens is 466 g/mol. The molecule has 0 bridgehead atoms. The lowest BCUT2D eigenvalue weighted by Gasteiger charge is -2.13. The molecule has 0 spiro atoms. The molecule has 3 aromatic rings. The number of nitrogens with one attached hydrogen (secondary N) is 1. The lowest BCUT2D eigenvalue weighted by Crippen LogP contribution is -2.20. The normalized spacial score (nSPS) is 11.6. The van der Waals surface area contributed by atoms with E-state index in [1.807, 2.05) is 42.5 Å². The summed E-state index contributed by atoms with van der Waals surface area (Å²) in [7, 11) is 0. The summed E-state index contributed by atoms with van der Waals surface area (Å²) in [5, 5.41) is 2.85. The lowest BCUT2D eigenvalue weighted by atomic mass is 9.99. The van der Waals surface area contributed by atoms with Crippen molar-refractivity contribution in [2.75, 3.05) is 18.5 Å². The van der Waals surface area contributed by atoms with Crippen molar-refractivity contribution in [2.45, 2.75) is 39.0 Å². The summed E-state index contributed by atoms with van der Waals surface area (Å²) in [6, 6.07) is 23.8. The number of aryl methyl sites for hydroxylation is 1. The number of hydrogen-bond donors (Lipinski definition) is 1. The van der Waals surface area contributed by atoms with Crippen LogP contribution >= 0.6 is 15.9 Å². The smallest absolute Gasteiger partial charge is 0.262 e. The molecule has 0 aromatic heterocycles. The Balaban J connectivity index is 1.40. The van der Waals surface area contributed by atoms with Crippen LogP contribution in [0.4, 0.5) is 5.69 Å². The molecule has 0 aliphatic rings. The van der Waals surface area contributed by atoms with Crippen molar-refractivity contribution in [2.24, 2.45) is 0 Å². The van der Waals surface area contributed by atoms with E-state index in [2.05, 4.69) is 65.4 Å². The zero-order valence-electron chi connectivity index (χ0n) is 18.6. The summed E-state index contributed by atoms with van der Waals surface area (Å²) in [6.07, 6.45) is 3.02. The van der Waals surface area contributed by atoms with Gasteiger partial charge in [0.05, 0.1) is 11.1 Å². The zero-order chi connectivity index (χ0) is 22.8. The highest BCUT2D eigenvalue weighted by Crippen LogP contribution is 2.30. The third-order valence-corrected chi connectivity index (χ3v) is 5.98. The van der Waals surface area contributed by atoms with Crippen molar-refractivity contribution >= 4 is 27.5 Å². The Hall–Kier alpha value is -2.79. The second kappa shape index (κ2) is 12.3. The Labute approximate surface area is 199 Å². The Morgan fingerprint density at radius 2 is 1.75 bits per heavy atom. The molecule has 32 heavy (non-hydrogen) atoms. The van der Waals surface area contributed by atoms with Crippen LogP contribution in [-0.2, 0) is 11.2 Å². The van der Waals surface area contributed by atoms with Crippen LogP contribution in [0.2, 0.25) is 0 Å². The van der Waals surface area contributed by atoms with E-state index >= 15 is 0 Å². The van der Waals surface area contributed by atoms with Gasteiger partial charge >= 0.3 is 0 Å². The first kappa shape index (κ1) is 23.9. The maximum Gasteiger partial charge on any atom is 0.262 e. The minimum Gasteiger partial charge on any atom is -0.494 e. The van der Waals surface area contributed by atoms with E-state index in [9.17, 15) is 4.79 Å². The molecule has 1 atom stereocenters. The highest BCUT2D eigenvalue weighted by Gasteiger charge is 2.10. The van der Waals surface area contributed by atoms with E-state index in [0.29, 0.717) is 24.0 Å². The van der Waals surface area contributed by atoms with Gasteiger partial charge in [-0.1, -0.05) is 50.2 Å². The number of rotatable bonds is 11. The van der Waals surface area contributed by atoms with Gasteiger partial charge in [0.2, 0.25) is 0 Å². The summed E-state index contributed by atoms with van der Waals surface area (Å²) in [4.78, 5) is 12.3. The second-order valence-corrected chi connectivity index (χ2v) is 8.65. The zero-order valence-corrected chi connectivity index (χ0v) is 20.2. The number of carbonyl (C=O) groups is 1. The minimum absolute atomic E-state index is 0.0565. The van der Waals surface area contributed by atoms with Crippen LogP contribution in [0.3, 0.4) is 0 Å².